The second-order valence-corrected chi connectivity index (χ2v) is 6.60. The van der Waals surface area contributed by atoms with E-state index in [0.29, 0.717) is 18.8 Å². The van der Waals surface area contributed by atoms with Gasteiger partial charge in [-0.3, -0.25) is 4.79 Å². The average Bonchev–Trinajstić information content (AvgIpc) is 3.08. The number of imidazole rings is 1. The molecule has 1 unspecified atom stereocenters. The number of aryl methyl sites for hydroxylation is 1. The molecule has 1 aliphatic rings. The highest BCUT2D eigenvalue weighted by Gasteiger charge is 2.45. The molecule has 1 fully saturated rings. The Kier molecular flexibility index (Phi) is 4.97. The van der Waals surface area contributed by atoms with Gasteiger partial charge in [-0.15, -0.1) is 0 Å². The highest BCUT2D eigenvalue weighted by Crippen LogP contribution is 2.30. The van der Waals surface area contributed by atoms with Gasteiger partial charge in [-0.05, 0) is 26.0 Å². The van der Waals surface area contributed by atoms with E-state index in [2.05, 4.69) is 4.98 Å². The summed E-state index contributed by atoms with van der Waals surface area (Å²) in [5.41, 5.74) is -1.30. The topological polar surface area (TPSA) is 84.7 Å². The lowest BCUT2D eigenvalue weighted by atomic mass is 9.90. The van der Waals surface area contributed by atoms with Crippen LogP contribution in [0.2, 0.25) is 0 Å². The van der Waals surface area contributed by atoms with Crippen LogP contribution in [0.5, 0.6) is 5.75 Å². The smallest absolute Gasteiger partial charge is 0.348 e. The summed E-state index contributed by atoms with van der Waals surface area (Å²) in [7, 11) is 0. The first kappa shape index (κ1) is 18.0. The number of hydrogen-bond acceptors (Lipinski definition) is 4. The molecule has 0 aliphatic carbocycles. The standard InChI is InChI=1S/C19H23N3O4/c1-14(22-13-10-20-15(22)2)17(23)21-11-8-19(9-12-21,18(24)25)26-16-6-4-3-5-7-16/h3-7,10,13-14H,8-9,11-12H2,1-2H3,(H,24,25). The Morgan fingerprint density at radius 2 is 1.88 bits per heavy atom. The van der Waals surface area contributed by atoms with Crippen LogP contribution in [0.25, 0.3) is 0 Å². The first-order chi connectivity index (χ1) is 12.4. The van der Waals surface area contributed by atoms with Crippen LogP contribution in [-0.2, 0) is 9.59 Å². The Balaban J connectivity index is 1.69. The van der Waals surface area contributed by atoms with Crippen LogP contribution in [0, 0.1) is 6.92 Å². The minimum Gasteiger partial charge on any atom is -0.478 e. The van der Waals surface area contributed by atoms with E-state index in [-0.39, 0.29) is 24.8 Å². The van der Waals surface area contributed by atoms with E-state index in [1.54, 1.807) is 41.6 Å². The number of aliphatic carboxylic acids is 1. The number of aromatic nitrogens is 2. The fourth-order valence-corrected chi connectivity index (χ4v) is 3.34. The van der Waals surface area contributed by atoms with E-state index >= 15 is 0 Å². The second kappa shape index (κ2) is 7.19. The fraction of sp³-hybridized carbons (Fsp3) is 0.421. The van der Waals surface area contributed by atoms with Crippen molar-refractivity contribution in [1.29, 1.82) is 0 Å². The molecule has 2 heterocycles. The van der Waals surface area contributed by atoms with Gasteiger partial charge >= 0.3 is 5.97 Å². The van der Waals surface area contributed by atoms with E-state index in [9.17, 15) is 14.7 Å². The maximum absolute atomic E-state index is 12.8. The third-order valence-electron chi connectivity index (χ3n) is 4.97. The molecule has 1 atom stereocenters. The Morgan fingerprint density at radius 3 is 2.42 bits per heavy atom. The maximum Gasteiger partial charge on any atom is 0.348 e. The number of para-hydroxylation sites is 1. The molecule has 1 amide bonds. The average molecular weight is 357 g/mol. The fourth-order valence-electron chi connectivity index (χ4n) is 3.34. The summed E-state index contributed by atoms with van der Waals surface area (Å²) in [4.78, 5) is 30.5. The van der Waals surface area contributed by atoms with Crippen LogP contribution < -0.4 is 4.74 Å². The van der Waals surface area contributed by atoms with E-state index in [0.717, 1.165) is 5.82 Å². The molecule has 0 radical (unpaired) electrons. The first-order valence-electron chi connectivity index (χ1n) is 8.69. The van der Waals surface area contributed by atoms with Crippen LogP contribution in [0.3, 0.4) is 0 Å². The zero-order valence-electron chi connectivity index (χ0n) is 15.0. The van der Waals surface area contributed by atoms with Crippen LogP contribution in [0.4, 0.5) is 0 Å². The van der Waals surface area contributed by atoms with Gasteiger partial charge in [0, 0.05) is 38.3 Å². The third-order valence-corrected chi connectivity index (χ3v) is 4.97. The van der Waals surface area contributed by atoms with Crippen LogP contribution in [0.15, 0.2) is 42.7 Å². The number of benzene rings is 1. The van der Waals surface area contributed by atoms with Crippen molar-refractivity contribution in [2.24, 2.45) is 0 Å². The third kappa shape index (κ3) is 3.42. The van der Waals surface area contributed by atoms with Gasteiger partial charge in [0.2, 0.25) is 11.5 Å². The van der Waals surface area contributed by atoms with Crippen molar-refractivity contribution in [3.63, 3.8) is 0 Å². The molecule has 138 valence electrons. The maximum atomic E-state index is 12.8. The van der Waals surface area contributed by atoms with Gasteiger partial charge < -0.3 is 19.3 Å². The van der Waals surface area contributed by atoms with Crippen molar-refractivity contribution in [2.75, 3.05) is 13.1 Å². The molecule has 1 aromatic carbocycles. The number of hydrogen-bond donors (Lipinski definition) is 1. The summed E-state index contributed by atoms with van der Waals surface area (Å²) in [6, 6.07) is 8.57. The largest absolute Gasteiger partial charge is 0.478 e. The van der Waals surface area contributed by atoms with Gasteiger partial charge in [-0.1, -0.05) is 18.2 Å². The molecule has 0 bridgehead atoms. The molecule has 1 N–H and O–H groups in total. The van der Waals surface area contributed by atoms with E-state index in [1.807, 2.05) is 24.5 Å². The molecule has 0 spiro atoms. The first-order valence-corrected chi connectivity index (χ1v) is 8.69. The SMILES string of the molecule is Cc1nccn1C(C)C(=O)N1CCC(Oc2ccccc2)(C(=O)O)CC1. The molecule has 3 rings (SSSR count). The lowest BCUT2D eigenvalue weighted by Crippen LogP contribution is -2.55. The van der Waals surface area contributed by atoms with Crippen molar-refractivity contribution < 1.29 is 19.4 Å². The lowest BCUT2D eigenvalue weighted by Gasteiger charge is -2.39. The van der Waals surface area contributed by atoms with Gasteiger partial charge in [0.1, 0.15) is 17.6 Å². The number of piperidine rings is 1. The van der Waals surface area contributed by atoms with Crippen molar-refractivity contribution in [1.82, 2.24) is 14.5 Å². The monoisotopic (exact) mass is 357 g/mol. The number of amides is 1. The highest BCUT2D eigenvalue weighted by molar-refractivity contribution is 5.82. The number of ether oxygens (including phenoxy) is 1. The van der Waals surface area contributed by atoms with E-state index in [4.69, 9.17) is 4.74 Å². The van der Waals surface area contributed by atoms with Crippen LogP contribution in [-0.4, -0.2) is 50.1 Å². The number of likely N-dealkylation sites (tertiary alicyclic amines) is 1. The Morgan fingerprint density at radius 1 is 1.23 bits per heavy atom. The molecular formula is C19H23N3O4. The van der Waals surface area contributed by atoms with Crippen molar-refractivity contribution in [3.05, 3.63) is 48.5 Å². The predicted octanol–water partition coefficient (Wildman–Crippen LogP) is 2.28. The molecule has 2 aromatic rings. The Bertz CT molecular complexity index is 779. The summed E-state index contributed by atoms with van der Waals surface area (Å²) in [6.45, 7) is 4.37. The Hall–Kier alpha value is -2.83. The van der Waals surface area contributed by atoms with Crippen molar-refractivity contribution in [3.8, 4) is 5.75 Å². The van der Waals surface area contributed by atoms with E-state index in [1.165, 1.54) is 0 Å². The highest BCUT2D eigenvalue weighted by atomic mass is 16.5. The summed E-state index contributed by atoms with van der Waals surface area (Å²) in [5.74, 6) is 0.268. The minimum atomic E-state index is -1.30. The van der Waals surface area contributed by atoms with Crippen LogP contribution >= 0.6 is 0 Å². The quantitative estimate of drug-likeness (QED) is 0.887. The van der Waals surface area contributed by atoms with Crippen molar-refractivity contribution in [2.45, 2.75) is 38.3 Å². The molecule has 0 saturated carbocycles. The number of nitrogens with zero attached hydrogens (tertiary/aromatic N) is 3. The number of carbonyl (C=O) groups is 2. The number of rotatable bonds is 5. The van der Waals surface area contributed by atoms with Gasteiger partial charge in [0.15, 0.2) is 0 Å². The van der Waals surface area contributed by atoms with Gasteiger partial charge in [-0.2, -0.15) is 0 Å². The zero-order valence-corrected chi connectivity index (χ0v) is 15.0. The summed E-state index contributed by atoms with van der Waals surface area (Å²) >= 11 is 0. The molecule has 7 heteroatoms. The molecule has 1 saturated heterocycles. The van der Waals surface area contributed by atoms with Gasteiger partial charge in [0.25, 0.3) is 0 Å². The molecule has 7 nitrogen and oxygen atoms in total. The molecular weight excluding hydrogens is 334 g/mol. The summed E-state index contributed by atoms with van der Waals surface area (Å²) in [6.07, 6.45) is 3.94. The Labute approximate surface area is 152 Å². The normalized spacial score (nSPS) is 17.5. The number of carboxylic acid groups (broad SMARTS) is 1. The zero-order chi connectivity index (χ0) is 18.7. The van der Waals surface area contributed by atoms with Crippen molar-refractivity contribution >= 4 is 11.9 Å². The summed E-state index contributed by atoms with van der Waals surface area (Å²) < 4.78 is 7.65. The molecule has 1 aromatic heterocycles. The summed E-state index contributed by atoms with van der Waals surface area (Å²) in [5, 5.41) is 9.73. The molecule has 26 heavy (non-hydrogen) atoms. The van der Waals surface area contributed by atoms with Gasteiger partial charge in [-0.25, -0.2) is 9.78 Å². The van der Waals surface area contributed by atoms with Gasteiger partial charge in [0.05, 0.1) is 0 Å². The predicted molar refractivity (Wildman–Crippen MR) is 94.9 cm³/mol. The minimum absolute atomic E-state index is 0.0372. The lowest BCUT2D eigenvalue weighted by molar-refractivity contribution is -0.162. The second-order valence-electron chi connectivity index (χ2n) is 6.60. The van der Waals surface area contributed by atoms with E-state index < -0.39 is 11.6 Å². The number of carbonyl (C=O) groups excluding carboxylic acids is 1. The molecule has 1 aliphatic heterocycles. The van der Waals surface area contributed by atoms with Crippen LogP contribution in [0.1, 0.15) is 31.6 Å². The number of carboxylic acids is 1.